The summed E-state index contributed by atoms with van der Waals surface area (Å²) in [5, 5.41) is -0.598. The molecule has 0 aliphatic rings. The second-order valence-electron chi connectivity index (χ2n) is 2.27. The number of hydrogen-bond acceptors (Lipinski definition) is 3. The van der Waals surface area contributed by atoms with Crippen LogP contribution in [0.2, 0.25) is 0 Å². The molecule has 5 heteroatoms. The monoisotopic (exact) mass is 198 g/mol. The summed E-state index contributed by atoms with van der Waals surface area (Å²) in [6.45, 7) is 1.51. The highest BCUT2D eigenvalue weighted by atomic mass is 35.5. The van der Waals surface area contributed by atoms with Crippen molar-refractivity contribution in [3.05, 3.63) is 0 Å². The van der Waals surface area contributed by atoms with Gasteiger partial charge in [-0.25, -0.2) is 8.42 Å². The topological polar surface area (TPSA) is 51.2 Å². The molecule has 0 aromatic heterocycles. The Bertz CT molecular complexity index is 210. The van der Waals surface area contributed by atoms with Crippen LogP contribution in [0.1, 0.15) is 13.3 Å². The molecule has 0 saturated carbocycles. The quantitative estimate of drug-likeness (QED) is 0.481. The van der Waals surface area contributed by atoms with E-state index in [0.29, 0.717) is 6.29 Å². The van der Waals surface area contributed by atoms with Gasteiger partial charge in [0.1, 0.15) is 6.29 Å². The maximum absolute atomic E-state index is 11.1. The van der Waals surface area contributed by atoms with Crippen LogP contribution in [0.15, 0.2) is 0 Å². The summed E-state index contributed by atoms with van der Waals surface area (Å²) >= 11 is 5.26. The summed E-state index contributed by atoms with van der Waals surface area (Å²) < 4.78 is 22.2. The number of halogens is 1. The molecule has 0 aromatic rings. The predicted molar refractivity (Wildman–Crippen MR) is 44.6 cm³/mol. The molecular weight excluding hydrogens is 188 g/mol. The zero-order valence-electron chi connectivity index (χ0n) is 6.29. The summed E-state index contributed by atoms with van der Waals surface area (Å²) in [4.78, 5) is 9.97. The lowest BCUT2D eigenvalue weighted by Gasteiger charge is -2.06. The van der Waals surface area contributed by atoms with Gasteiger partial charge in [-0.3, -0.25) is 0 Å². The van der Waals surface area contributed by atoms with Crippen molar-refractivity contribution >= 4 is 27.7 Å². The molecule has 0 N–H and O–H groups in total. The third-order valence-corrected chi connectivity index (χ3v) is 4.01. The molecule has 0 spiro atoms. The van der Waals surface area contributed by atoms with Crippen LogP contribution in [0.4, 0.5) is 0 Å². The smallest absolute Gasteiger partial charge is 0.154 e. The third-order valence-electron chi connectivity index (χ3n) is 1.40. The van der Waals surface area contributed by atoms with Crippen LogP contribution in [0.25, 0.3) is 0 Å². The lowest BCUT2D eigenvalue weighted by atomic mass is 10.4. The first kappa shape index (κ1) is 10.9. The van der Waals surface area contributed by atoms with Crippen LogP contribution < -0.4 is 0 Å². The number of aldehydes is 1. The largest absolute Gasteiger partial charge is 0.303 e. The molecule has 0 radical (unpaired) electrons. The second-order valence-corrected chi connectivity index (χ2v) is 5.19. The summed E-state index contributed by atoms with van der Waals surface area (Å²) in [5.74, 6) is 0.0368. The molecule has 3 nitrogen and oxygen atoms in total. The Hall–Kier alpha value is -0.0900. The lowest BCUT2D eigenvalue weighted by Crippen LogP contribution is -2.22. The Balaban J connectivity index is 4.18. The molecule has 11 heavy (non-hydrogen) atoms. The van der Waals surface area contributed by atoms with Crippen LogP contribution in [-0.4, -0.2) is 31.6 Å². The summed E-state index contributed by atoms with van der Waals surface area (Å²) in [6.07, 6.45) is 0.662. The molecule has 0 aliphatic heterocycles. The van der Waals surface area contributed by atoms with Crippen LogP contribution in [0.5, 0.6) is 0 Å². The predicted octanol–water partition coefficient (Wildman–Crippen LogP) is 0.618. The minimum absolute atomic E-state index is 0.0520. The van der Waals surface area contributed by atoms with Crippen molar-refractivity contribution in [3.8, 4) is 0 Å². The van der Waals surface area contributed by atoms with E-state index in [9.17, 15) is 13.2 Å². The highest BCUT2D eigenvalue weighted by molar-refractivity contribution is 7.92. The van der Waals surface area contributed by atoms with Gasteiger partial charge in [-0.2, -0.15) is 0 Å². The van der Waals surface area contributed by atoms with Gasteiger partial charge in [0.2, 0.25) is 0 Å². The van der Waals surface area contributed by atoms with Gasteiger partial charge in [-0.15, -0.1) is 11.6 Å². The van der Waals surface area contributed by atoms with Crippen LogP contribution in [0.3, 0.4) is 0 Å². The second kappa shape index (κ2) is 4.72. The molecule has 1 atom stereocenters. The van der Waals surface area contributed by atoms with Crippen molar-refractivity contribution in [1.29, 1.82) is 0 Å². The minimum atomic E-state index is -3.14. The van der Waals surface area contributed by atoms with Crippen LogP contribution in [-0.2, 0) is 14.6 Å². The zero-order chi connectivity index (χ0) is 8.91. The fraction of sp³-hybridized carbons (Fsp3) is 0.833. The lowest BCUT2D eigenvalue weighted by molar-refractivity contribution is -0.107. The molecule has 0 rings (SSSR count). The van der Waals surface area contributed by atoms with E-state index in [-0.39, 0.29) is 18.1 Å². The van der Waals surface area contributed by atoms with Crippen molar-refractivity contribution in [2.45, 2.75) is 18.6 Å². The average molecular weight is 199 g/mol. The van der Waals surface area contributed by atoms with Gasteiger partial charge in [0.25, 0.3) is 0 Å². The molecule has 0 heterocycles. The number of rotatable bonds is 5. The van der Waals surface area contributed by atoms with Crippen molar-refractivity contribution in [3.63, 3.8) is 0 Å². The molecule has 0 amide bonds. The Morgan fingerprint density at radius 1 is 1.55 bits per heavy atom. The number of hydrogen-bond donors (Lipinski definition) is 0. The van der Waals surface area contributed by atoms with Gasteiger partial charge < -0.3 is 4.79 Å². The fourth-order valence-electron chi connectivity index (χ4n) is 0.591. The van der Waals surface area contributed by atoms with E-state index in [0.717, 1.165) is 0 Å². The van der Waals surface area contributed by atoms with E-state index >= 15 is 0 Å². The van der Waals surface area contributed by atoms with Gasteiger partial charge in [-0.1, -0.05) is 0 Å². The molecule has 0 saturated heterocycles. The van der Waals surface area contributed by atoms with Gasteiger partial charge in [0.05, 0.1) is 11.0 Å². The Morgan fingerprint density at radius 3 is 2.45 bits per heavy atom. The number of carbonyl (C=O) groups is 1. The normalized spacial score (nSPS) is 14.4. The third kappa shape index (κ3) is 3.72. The Kier molecular flexibility index (Phi) is 4.68. The van der Waals surface area contributed by atoms with Gasteiger partial charge in [0.15, 0.2) is 9.84 Å². The maximum atomic E-state index is 11.1. The van der Waals surface area contributed by atoms with Crippen molar-refractivity contribution in [2.24, 2.45) is 0 Å². The standard InChI is InChI=1S/C6H11ClO3S/c1-6(2-4-8)11(9,10)5-3-7/h4,6H,2-3,5H2,1H3. The van der Waals surface area contributed by atoms with Gasteiger partial charge >= 0.3 is 0 Å². The van der Waals surface area contributed by atoms with E-state index in [1.165, 1.54) is 6.92 Å². The molecule has 0 aromatic carbocycles. The maximum Gasteiger partial charge on any atom is 0.154 e. The summed E-state index contributed by atoms with van der Waals surface area (Å²) in [6, 6.07) is 0. The first-order chi connectivity index (χ1) is 5.04. The van der Waals surface area contributed by atoms with Crippen LogP contribution in [0, 0.1) is 0 Å². The highest BCUT2D eigenvalue weighted by Gasteiger charge is 2.18. The van der Waals surface area contributed by atoms with E-state index in [2.05, 4.69) is 0 Å². The summed E-state index contributed by atoms with van der Waals surface area (Å²) in [5.41, 5.74) is 0. The van der Waals surface area contributed by atoms with E-state index in [1.807, 2.05) is 0 Å². The van der Waals surface area contributed by atoms with Crippen molar-refractivity contribution < 1.29 is 13.2 Å². The van der Waals surface area contributed by atoms with Gasteiger partial charge in [-0.05, 0) is 6.92 Å². The SMILES string of the molecule is CC(CC=O)S(=O)(=O)CCCl. The van der Waals surface area contributed by atoms with Crippen molar-refractivity contribution in [2.75, 3.05) is 11.6 Å². The summed E-state index contributed by atoms with van der Waals surface area (Å²) in [7, 11) is -3.14. The molecule has 0 fully saturated rings. The first-order valence-electron chi connectivity index (χ1n) is 3.25. The first-order valence-corrected chi connectivity index (χ1v) is 5.50. The van der Waals surface area contributed by atoms with Crippen molar-refractivity contribution in [1.82, 2.24) is 0 Å². The number of carbonyl (C=O) groups excluding carboxylic acids is 1. The van der Waals surface area contributed by atoms with Gasteiger partial charge in [0, 0.05) is 12.3 Å². The molecule has 66 valence electrons. The van der Waals surface area contributed by atoms with Crippen LogP contribution >= 0.6 is 11.6 Å². The number of alkyl halides is 1. The van der Waals surface area contributed by atoms with E-state index < -0.39 is 15.1 Å². The molecular formula is C6H11ClO3S. The van der Waals surface area contributed by atoms with E-state index in [4.69, 9.17) is 11.6 Å². The zero-order valence-corrected chi connectivity index (χ0v) is 7.86. The molecule has 1 unspecified atom stereocenters. The number of sulfone groups is 1. The minimum Gasteiger partial charge on any atom is -0.303 e. The van der Waals surface area contributed by atoms with E-state index in [1.54, 1.807) is 0 Å². The molecule has 0 aliphatic carbocycles. The Morgan fingerprint density at radius 2 is 2.09 bits per heavy atom. The fourth-order valence-corrected chi connectivity index (χ4v) is 2.23. The highest BCUT2D eigenvalue weighted by Crippen LogP contribution is 2.05. The average Bonchev–Trinajstić information content (AvgIpc) is 1.88. The Labute approximate surface area is 71.7 Å². The molecule has 0 bridgehead atoms.